The Labute approximate surface area is 183 Å². The van der Waals surface area contributed by atoms with Crippen LogP contribution in [-0.2, 0) is 10.1 Å². The predicted octanol–water partition coefficient (Wildman–Crippen LogP) is 3.14. The fourth-order valence-electron chi connectivity index (χ4n) is 2.62. The number of amides is 1. The van der Waals surface area contributed by atoms with E-state index in [-0.39, 0.29) is 33.2 Å². The number of nitro groups is 1. The molecule has 0 unspecified atom stereocenters. The number of rotatable bonds is 8. The molecular formula is C21H17N3O7S. The van der Waals surface area contributed by atoms with Crippen molar-refractivity contribution < 1.29 is 27.1 Å². The minimum absolute atomic E-state index is 0.0325. The van der Waals surface area contributed by atoms with Crippen molar-refractivity contribution in [2.75, 3.05) is 7.11 Å². The van der Waals surface area contributed by atoms with Crippen molar-refractivity contribution in [2.24, 2.45) is 5.10 Å². The molecule has 0 heterocycles. The number of ether oxygens (including phenoxy) is 1. The normalized spacial score (nSPS) is 11.2. The standard InChI is InChI=1S/C21H17N3O7S/c1-30-19-12-6-8-16(20(19)31-32(28,29)18-10-3-2-4-11-18)14-22-23-21(25)15-7-5-9-17(13-15)24(26)27/h2-14H,1H3,(H,23,25). The molecule has 1 amide bonds. The van der Waals surface area contributed by atoms with Crippen molar-refractivity contribution in [1.82, 2.24) is 5.43 Å². The van der Waals surface area contributed by atoms with E-state index in [0.717, 1.165) is 6.07 Å². The Balaban J connectivity index is 1.84. The maximum Gasteiger partial charge on any atom is 0.339 e. The number of benzene rings is 3. The zero-order valence-corrected chi connectivity index (χ0v) is 17.5. The van der Waals surface area contributed by atoms with Gasteiger partial charge in [0.15, 0.2) is 11.5 Å². The zero-order chi connectivity index (χ0) is 23.1. The van der Waals surface area contributed by atoms with Gasteiger partial charge in [0.25, 0.3) is 11.6 Å². The summed E-state index contributed by atoms with van der Waals surface area (Å²) in [5.41, 5.74) is 2.24. The van der Waals surface area contributed by atoms with Crippen LogP contribution in [0.3, 0.4) is 0 Å². The third-order valence-electron chi connectivity index (χ3n) is 4.14. The molecule has 0 aliphatic heterocycles. The third-order valence-corrected chi connectivity index (χ3v) is 5.38. The van der Waals surface area contributed by atoms with Gasteiger partial charge < -0.3 is 8.92 Å². The first-order chi connectivity index (χ1) is 15.3. The van der Waals surface area contributed by atoms with Crippen molar-refractivity contribution in [2.45, 2.75) is 4.90 Å². The van der Waals surface area contributed by atoms with Crippen molar-refractivity contribution in [3.8, 4) is 11.5 Å². The van der Waals surface area contributed by atoms with Gasteiger partial charge in [0.1, 0.15) is 4.90 Å². The van der Waals surface area contributed by atoms with E-state index in [9.17, 15) is 23.3 Å². The second-order valence-electron chi connectivity index (χ2n) is 6.24. The highest BCUT2D eigenvalue weighted by Crippen LogP contribution is 2.32. The zero-order valence-electron chi connectivity index (χ0n) is 16.7. The Hall–Kier alpha value is -4.25. The number of carbonyl (C=O) groups is 1. The van der Waals surface area contributed by atoms with Gasteiger partial charge in [0.2, 0.25) is 0 Å². The SMILES string of the molecule is COc1cccc(C=NNC(=O)c2cccc([N+](=O)[O-])c2)c1OS(=O)(=O)c1ccccc1. The van der Waals surface area contributed by atoms with Crippen LogP contribution in [0.15, 0.2) is 82.8 Å². The molecule has 0 aromatic heterocycles. The van der Waals surface area contributed by atoms with Gasteiger partial charge in [0.05, 0.1) is 18.2 Å². The summed E-state index contributed by atoms with van der Waals surface area (Å²) in [7, 11) is -2.81. The molecule has 11 heteroatoms. The van der Waals surface area contributed by atoms with E-state index in [1.807, 2.05) is 0 Å². The Morgan fingerprint density at radius 2 is 1.78 bits per heavy atom. The number of hydrogen-bond donors (Lipinski definition) is 1. The number of nitrogens with zero attached hydrogens (tertiary/aromatic N) is 2. The molecule has 3 rings (SSSR count). The summed E-state index contributed by atoms with van der Waals surface area (Å²) >= 11 is 0. The summed E-state index contributed by atoms with van der Waals surface area (Å²) in [5, 5.41) is 14.7. The van der Waals surface area contributed by atoms with Crippen LogP contribution < -0.4 is 14.3 Å². The highest BCUT2D eigenvalue weighted by atomic mass is 32.2. The van der Waals surface area contributed by atoms with Crippen LogP contribution >= 0.6 is 0 Å². The first-order valence-corrected chi connectivity index (χ1v) is 10.5. The highest BCUT2D eigenvalue weighted by Gasteiger charge is 2.21. The molecule has 0 radical (unpaired) electrons. The number of hydrazone groups is 1. The average Bonchev–Trinajstić information content (AvgIpc) is 2.80. The van der Waals surface area contributed by atoms with Crippen LogP contribution in [0, 0.1) is 10.1 Å². The Kier molecular flexibility index (Phi) is 6.80. The molecule has 1 N–H and O–H groups in total. The van der Waals surface area contributed by atoms with Gasteiger partial charge in [-0.05, 0) is 30.3 Å². The summed E-state index contributed by atoms with van der Waals surface area (Å²) in [4.78, 5) is 22.4. The number of para-hydroxylation sites is 1. The summed E-state index contributed by atoms with van der Waals surface area (Å²) in [6.45, 7) is 0. The van der Waals surface area contributed by atoms with Crippen LogP contribution in [0.4, 0.5) is 5.69 Å². The lowest BCUT2D eigenvalue weighted by molar-refractivity contribution is -0.384. The first-order valence-electron chi connectivity index (χ1n) is 9.06. The minimum atomic E-state index is -4.16. The predicted molar refractivity (Wildman–Crippen MR) is 115 cm³/mol. The molecule has 0 aliphatic rings. The number of nitro benzene ring substituents is 1. The van der Waals surface area contributed by atoms with Crippen molar-refractivity contribution in [3.05, 3.63) is 94.0 Å². The molecule has 0 saturated carbocycles. The highest BCUT2D eigenvalue weighted by molar-refractivity contribution is 7.87. The number of carbonyl (C=O) groups excluding carboxylic acids is 1. The minimum Gasteiger partial charge on any atom is -0.493 e. The molecule has 0 saturated heterocycles. The summed E-state index contributed by atoms with van der Waals surface area (Å²) in [6, 6.07) is 17.3. The van der Waals surface area contributed by atoms with E-state index < -0.39 is 20.9 Å². The van der Waals surface area contributed by atoms with Crippen LogP contribution in [-0.4, -0.2) is 32.6 Å². The van der Waals surface area contributed by atoms with Gasteiger partial charge in [-0.25, -0.2) is 5.43 Å². The largest absolute Gasteiger partial charge is 0.493 e. The summed E-state index contributed by atoms with van der Waals surface area (Å²) in [6.07, 6.45) is 1.17. The van der Waals surface area contributed by atoms with E-state index in [1.165, 1.54) is 55.8 Å². The molecule has 0 fully saturated rings. The van der Waals surface area contributed by atoms with Crippen molar-refractivity contribution in [3.63, 3.8) is 0 Å². The van der Waals surface area contributed by atoms with Crippen LogP contribution in [0.5, 0.6) is 11.5 Å². The molecule has 164 valence electrons. The maximum atomic E-state index is 12.6. The number of nitrogens with one attached hydrogen (secondary N) is 1. The van der Waals surface area contributed by atoms with Gasteiger partial charge >= 0.3 is 10.1 Å². The van der Waals surface area contributed by atoms with Gasteiger partial charge in [-0.2, -0.15) is 13.5 Å². The fraction of sp³-hybridized carbons (Fsp3) is 0.0476. The molecule has 0 bridgehead atoms. The molecular weight excluding hydrogens is 438 g/mol. The Morgan fingerprint density at radius 1 is 1.06 bits per heavy atom. The van der Waals surface area contributed by atoms with E-state index in [2.05, 4.69) is 10.5 Å². The van der Waals surface area contributed by atoms with E-state index >= 15 is 0 Å². The quantitative estimate of drug-likeness (QED) is 0.238. The van der Waals surface area contributed by atoms with E-state index in [0.29, 0.717) is 0 Å². The maximum absolute atomic E-state index is 12.6. The third kappa shape index (κ3) is 5.26. The van der Waals surface area contributed by atoms with Crippen molar-refractivity contribution in [1.29, 1.82) is 0 Å². The molecule has 0 atom stereocenters. The lowest BCUT2D eigenvalue weighted by atomic mass is 10.2. The van der Waals surface area contributed by atoms with E-state index in [4.69, 9.17) is 8.92 Å². The first kappa shape index (κ1) is 22.4. The van der Waals surface area contributed by atoms with Crippen LogP contribution in [0.25, 0.3) is 0 Å². The molecule has 0 spiro atoms. The topological polar surface area (TPSA) is 137 Å². The van der Waals surface area contributed by atoms with Gasteiger partial charge in [-0.15, -0.1) is 0 Å². The molecule has 3 aromatic rings. The number of methoxy groups -OCH3 is 1. The van der Waals surface area contributed by atoms with Gasteiger partial charge in [0, 0.05) is 23.3 Å². The molecule has 3 aromatic carbocycles. The summed E-state index contributed by atoms with van der Waals surface area (Å²) < 4.78 is 35.7. The fourth-order valence-corrected chi connectivity index (χ4v) is 3.60. The second-order valence-corrected chi connectivity index (χ2v) is 7.78. The number of non-ortho nitro benzene ring substituents is 1. The van der Waals surface area contributed by atoms with Crippen LogP contribution in [0.1, 0.15) is 15.9 Å². The lowest BCUT2D eigenvalue weighted by Gasteiger charge is -2.13. The van der Waals surface area contributed by atoms with Gasteiger partial charge in [-0.3, -0.25) is 14.9 Å². The van der Waals surface area contributed by atoms with E-state index in [1.54, 1.807) is 24.3 Å². The molecule has 32 heavy (non-hydrogen) atoms. The second kappa shape index (κ2) is 9.71. The number of hydrogen-bond acceptors (Lipinski definition) is 8. The summed E-state index contributed by atoms with van der Waals surface area (Å²) in [5.74, 6) is -0.669. The monoisotopic (exact) mass is 455 g/mol. The lowest BCUT2D eigenvalue weighted by Crippen LogP contribution is -2.18. The smallest absolute Gasteiger partial charge is 0.339 e. The Bertz CT molecular complexity index is 1280. The Morgan fingerprint density at radius 3 is 2.47 bits per heavy atom. The molecule has 10 nitrogen and oxygen atoms in total. The van der Waals surface area contributed by atoms with Gasteiger partial charge in [-0.1, -0.05) is 30.3 Å². The average molecular weight is 455 g/mol. The van der Waals surface area contributed by atoms with Crippen molar-refractivity contribution >= 4 is 27.9 Å². The molecule has 0 aliphatic carbocycles. The van der Waals surface area contributed by atoms with Crippen LogP contribution in [0.2, 0.25) is 0 Å².